The number of ether oxygens (including phenoxy) is 1. The molecule has 8 heteroatoms. The van der Waals surface area contributed by atoms with E-state index in [2.05, 4.69) is 5.32 Å². The summed E-state index contributed by atoms with van der Waals surface area (Å²) in [6, 6.07) is 5.15. The van der Waals surface area contributed by atoms with Gasteiger partial charge in [-0.05, 0) is 18.2 Å². The molecule has 7 nitrogen and oxygen atoms in total. The van der Waals surface area contributed by atoms with Crippen LogP contribution < -0.4 is 5.32 Å². The maximum absolute atomic E-state index is 13.0. The van der Waals surface area contributed by atoms with Gasteiger partial charge in [-0.3, -0.25) is 14.4 Å². The van der Waals surface area contributed by atoms with Crippen molar-refractivity contribution in [3.63, 3.8) is 0 Å². The third-order valence-corrected chi connectivity index (χ3v) is 3.38. The molecule has 1 atom stereocenters. The fourth-order valence-electron chi connectivity index (χ4n) is 2.26. The predicted octanol–water partition coefficient (Wildman–Crippen LogP) is 0.258. The quantitative estimate of drug-likeness (QED) is 0.810. The molecular weight excluding hydrogens is 307 g/mol. The molecule has 1 aliphatic heterocycles. The summed E-state index contributed by atoms with van der Waals surface area (Å²) in [5.41, 5.74) is 0.128. The number of morpholine rings is 1. The standard InChI is InChI=1S/C15H17FN2O5/c16-11-3-1-2-10(6-11)15(22)17-8-13(19)18-4-5-23-12(9-18)7-14(20)21/h1-3,6,12H,4-5,7-9H2,(H,17,22)(H,20,21). The van der Waals surface area contributed by atoms with Crippen molar-refractivity contribution in [1.29, 1.82) is 0 Å². The molecule has 1 fully saturated rings. The number of carboxylic acid groups (broad SMARTS) is 1. The zero-order valence-electron chi connectivity index (χ0n) is 12.3. The second-order valence-corrected chi connectivity index (χ2v) is 5.12. The first-order valence-corrected chi connectivity index (χ1v) is 7.10. The van der Waals surface area contributed by atoms with Gasteiger partial charge in [-0.15, -0.1) is 0 Å². The number of benzene rings is 1. The van der Waals surface area contributed by atoms with Crippen molar-refractivity contribution in [2.45, 2.75) is 12.5 Å². The van der Waals surface area contributed by atoms with Gasteiger partial charge in [-0.2, -0.15) is 0 Å². The van der Waals surface area contributed by atoms with Crippen molar-refractivity contribution < 1.29 is 28.6 Å². The molecule has 0 radical (unpaired) electrons. The molecule has 1 aromatic rings. The molecule has 2 amide bonds. The van der Waals surface area contributed by atoms with Gasteiger partial charge in [0.05, 0.1) is 25.7 Å². The van der Waals surface area contributed by atoms with Crippen molar-refractivity contribution in [3.8, 4) is 0 Å². The Balaban J connectivity index is 1.84. The molecule has 0 saturated carbocycles. The highest BCUT2D eigenvalue weighted by Gasteiger charge is 2.26. The molecule has 1 heterocycles. The van der Waals surface area contributed by atoms with Crippen LogP contribution in [0, 0.1) is 5.82 Å². The van der Waals surface area contributed by atoms with E-state index < -0.39 is 23.8 Å². The topological polar surface area (TPSA) is 95.9 Å². The van der Waals surface area contributed by atoms with Crippen LogP contribution in [0.5, 0.6) is 0 Å². The number of aliphatic carboxylic acids is 1. The number of nitrogens with zero attached hydrogens (tertiary/aromatic N) is 1. The van der Waals surface area contributed by atoms with Gasteiger partial charge in [0.25, 0.3) is 5.91 Å². The van der Waals surface area contributed by atoms with Gasteiger partial charge < -0.3 is 20.1 Å². The van der Waals surface area contributed by atoms with Crippen LogP contribution in [0.4, 0.5) is 4.39 Å². The van der Waals surface area contributed by atoms with Crippen LogP contribution in [0.25, 0.3) is 0 Å². The van der Waals surface area contributed by atoms with E-state index >= 15 is 0 Å². The summed E-state index contributed by atoms with van der Waals surface area (Å²) in [6.07, 6.45) is -0.733. The molecule has 2 rings (SSSR count). The summed E-state index contributed by atoms with van der Waals surface area (Å²) in [4.78, 5) is 36.0. The van der Waals surface area contributed by atoms with E-state index in [0.29, 0.717) is 6.54 Å². The van der Waals surface area contributed by atoms with Crippen LogP contribution >= 0.6 is 0 Å². The van der Waals surface area contributed by atoms with Gasteiger partial charge in [0.2, 0.25) is 5.91 Å². The molecule has 0 spiro atoms. The van der Waals surface area contributed by atoms with E-state index in [-0.39, 0.29) is 37.6 Å². The van der Waals surface area contributed by atoms with Crippen molar-refractivity contribution >= 4 is 17.8 Å². The van der Waals surface area contributed by atoms with E-state index in [1.165, 1.54) is 23.1 Å². The van der Waals surface area contributed by atoms with E-state index in [0.717, 1.165) is 6.07 Å². The number of hydrogen-bond acceptors (Lipinski definition) is 4. The lowest BCUT2D eigenvalue weighted by Gasteiger charge is -2.32. The van der Waals surface area contributed by atoms with Crippen LogP contribution in [0.3, 0.4) is 0 Å². The predicted molar refractivity (Wildman–Crippen MR) is 77.3 cm³/mol. The van der Waals surface area contributed by atoms with Crippen molar-refractivity contribution in [2.75, 3.05) is 26.2 Å². The molecule has 1 aromatic carbocycles. The molecular formula is C15H17FN2O5. The Bertz CT molecular complexity index is 607. The smallest absolute Gasteiger partial charge is 0.306 e. The molecule has 1 aliphatic rings. The third-order valence-electron chi connectivity index (χ3n) is 3.38. The van der Waals surface area contributed by atoms with E-state index in [1.54, 1.807) is 0 Å². The first-order chi connectivity index (χ1) is 11.0. The number of rotatable bonds is 5. The highest BCUT2D eigenvalue weighted by molar-refractivity contribution is 5.96. The monoisotopic (exact) mass is 324 g/mol. The summed E-state index contributed by atoms with van der Waals surface area (Å²) in [6.45, 7) is 0.516. The fourth-order valence-corrected chi connectivity index (χ4v) is 2.26. The molecule has 0 bridgehead atoms. The Morgan fingerprint density at radius 3 is 2.87 bits per heavy atom. The highest BCUT2D eigenvalue weighted by Crippen LogP contribution is 2.09. The lowest BCUT2D eigenvalue weighted by atomic mass is 10.2. The normalized spacial score (nSPS) is 17.6. The average Bonchev–Trinajstić information content (AvgIpc) is 2.52. The second-order valence-electron chi connectivity index (χ2n) is 5.12. The van der Waals surface area contributed by atoms with Crippen molar-refractivity contribution in [1.82, 2.24) is 10.2 Å². The summed E-state index contributed by atoms with van der Waals surface area (Å²) in [5.74, 6) is -2.42. The van der Waals surface area contributed by atoms with Crippen LogP contribution in [0.1, 0.15) is 16.8 Å². The Hall–Kier alpha value is -2.48. The molecule has 0 aliphatic carbocycles. The number of carboxylic acids is 1. The maximum Gasteiger partial charge on any atom is 0.306 e. The van der Waals surface area contributed by atoms with Gasteiger partial charge in [0.15, 0.2) is 0 Å². The summed E-state index contributed by atoms with van der Waals surface area (Å²) in [5, 5.41) is 11.2. The zero-order valence-corrected chi connectivity index (χ0v) is 12.3. The largest absolute Gasteiger partial charge is 0.481 e. The van der Waals surface area contributed by atoms with E-state index in [9.17, 15) is 18.8 Å². The van der Waals surface area contributed by atoms with Gasteiger partial charge in [-0.1, -0.05) is 6.07 Å². The van der Waals surface area contributed by atoms with E-state index in [1.807, 2.05) is 0 Å². The van der Waals surface area contributed by atoms with Crippen LogP contribution in [-0.2, 0) is 14.3 Å². The summed E-state index contributed by atoms with van der Waals surface area (Å²) >= 11 is 0. The molecule has 124 valence electrons. The van der Waals surface area contributed by atoms with Crippen LogP contribution in [0.15, 0.2) is 24.3 Å². The fraction of sp³-hybridized carbons (Fsp3) is 0.400. The lowest BCUT2D eigenvalue weighted by molar-refractivity contribution is -0.147. The van der Waals surface area contributed by atoms with Gasteiger partial charge in [0, 0.05) is 18.7 Å². The third kappa shape index (κ3) is 5.03. The van der Waals surface area contributed by atoms with E-state index in [4.69, 9.17) is 9.84 Å². The number of carbonyl (C=O) groups excluding carboxylic acids is 2. The second kappa shape index (κ2) is 7.68. The lowest BCUT2D eigenvalue weighted by Crippen LogP contribution is -2.49. The van der Waals surface area contributed by atoms with Crippen LogP contribution in [0.2, 0.25) is 0 Å². The van der Waals surface area contributed by atoms with Gasteiger partial charge in [-0.25, -0.2) is 4.39 Å². The number of nitrogens with one attached hydrogen (secondary N) is 1. The Kier molecular flexibility index (Phi) is 5.64. The molecule has 0 aromatic heterocycles. The average molecular weight is 324 g/mol. The SMILES string of the molecule is O=C(O)CC1CN(C(=O)CNC(=O)c2cccc(F)c2)CCO1. The van der Waals surface area contributed by atoms with Crippen molar-refractivity contribution in [2.24, 2.45) is 0 Å². The van der Waals surface area contributed by atoms with Crippen molar-refractivity contribution in [3.05, 3.63) is 35.6 Å². The maximum atomic E-state index is 13.0. The van der Waals surface area contributed by atoms with Gasteiger partial charge in [0.1, 0.15) is 5.82 Å². The minimum atomic E-state index is -0.997. The molecule has 1 unspecified atom stereocenters. The number of carbonyl (C=O) groups is 3. The first-order valence-electron chi connectivity index (χ1n) is 7.10. The minimum absolute atomic E-state index is 0.128. The first kappa shape index (κ1) is 16.9. The highest BCUT2D eigenvalue weighted by atomic mass is 19.1. The minimum Gasteiger partial charge on any atom is -0.481 e. The molecule has 1 saturated heterocycles. The number of halogens is 1. The molecule has 2 N–H and O–H groups in total. The Morgan fingerprint density at radius 1 is 1.39 bits per heavy atom. The van der Waals surface area contributed by atoms with Gasteiger partial charge >= 0.3 is 5.97 Å². The number of hydrogen-bond donors (Lipinski definition) is 2. The zero-order chi connectivity index (χ0) is 16.8. The summed E-state index contributed by atoms with van der Waals surface area (Å²) in [7, 11) is 0. The number of amides is 2. The Morgan fingerprint density at radius 2 is 2.17 bits per heavy atom. The van der Waals surface area contributed by atoms with Crippen LogP contribution in [-0.4, -0.2) is 60.1 Å². The molecule has 23 heavy (non-hydrogen) atoms. The Labute approximate surface area is 132 Å². The summed E-state index contributed by atoms with van der Waals surface area (Å²) < 4.78 is 18.3.